The quantitative estimate of drug-likeness (QED) is 0.822. The Morgan fingerprint density at radius 2 is 1.87 bits per heavy atom. The highest BCUT2D eigenvalue weighted by atomic mass is 16.2. The molecule has 6 heteroatoms. The van der Waals surface area contributed by atoms with Gasteiger partial charge in [0.05, 0.1) is 12.6 Å². The molecule has 0 aliphatic heterocycles. The predicted octanol–water partition coefficient (Wildman–Crippen LogP) is 2.15. The lowest BCUT2D eigenvalue weighted by molar-refractivity contribution is -0.120. The number of aromatic nitrogens is 2. The molecule has 0 atom stereocenters. The molecular formula is C17H22N4O2. The largest absolute Gasteiger partial charge is 0.355 e. The van der Waals surface area contributed by atoms with Crippen LogP contribution in [0.25, 0.3) is 0 Å². The van der Waals surface area contributed by atoms with Crippen molar-refractivity contribution in [3.05, 3.63) is 48.2 Å². The smallest absolute Gasteiger partial charge is 0.227 e. The van der Waals surface area contributed by atoms with Crippen LogP contribution in [0, 0.1) is 0 Å². The number of carbonyl (C=O) groups excluding carboxylic acids is 2. The van der Waals surface area contributed by atoms with E-state index < -0.39 is 0 Å². The summed E-state index contributed by atoms with van der Waals surface area (Å²) >= 11 is 0. The van der Waals surface area contributed by atoms with Crippen LogP contribution < -0.4 is 10.6 Å². The second-order valence-corrected chi connectivity index (χ2v) is 5.57. The van der Waals surface area contributed by atoms with E-state index in [4.69, 9.17) is 0 Å². The van der Waals surface area contributed by atoms with E-state index in [0.29, 0.717) is 18.8 Å². The van der Waals surface area contributed by atoms with Crippen molar-refractivity contribution < 1.29 is 9.59 Å². The van der Waals surface area contributed by atoms with E-state index in [1.165, 1.54) is 0 Å². The summed E-state index contributed by atoms with van der Waals surface area (Å²) in [4.78, 5) is 23.7. The number of anilines is 1. The molecule has 0 spiro atoms. The highest BCUT2D eigenvalue weighted by molar-refractivity contribution is 5.90. The summed E-state index contributed by atoms with van der Waals surface area (Å²) in [6.07, 6.45) is 2.20. The zero-order valence-electron chi connectivity index (χ0n) is 13.5. The van der Waals surface area contributed by atoms with Crippen molar-refractivity contribution in [1.29, 1.82) is 0 Å². The Morgan fingerprint density at radius 3 is 2.57 bits per heavy atom. The van der Waals surface area contributed by atoms with Crippen LogP contribution >= 0.6 is 0 Å². The molecule has 0 saturated heterocycles. The molecule has 0 bridgehead atoms. The van der Waals surface area contributed by atoms with E-state index in [2.05, 4.69) is 15.7 Å². The fourth-order valence-corrected chi connectivity index (χ4v) is 2.19. The number of nitrogens with zero attached hydrogens (tertiary/aromatic N) is 2. The van der Waals surface area contributed by atoms with Crippen LogP contribution in [-0.2, 0) is 16.0 Å². The molecule has 6 nitrogen and oxygen atoms in total. The van der Waals surface area contributed by atoms with Crippen molar-refractivity contribution in [2.24, 2.45) is 0 Å². The maximum atomic E-state index is 11.9. The van der Waals surface area contributed by atoms with E-state index >= 15 is 0 Å². The van der Waals surface area contributed by atoms with Gasteiger partial charge >= 0.3 is 0 Å². The maximum absolute atomic E-state index is 11.9. The van der Waals surface area contributed by atoms with Gasteiger partial charge in [0.2, 0.25) is 11.8 Å². The topological polar surface area (TPSA) is 76.0 Å². The lowest BCUT2D eigenvalue weighted by Gasteiger charge is -2.12. The van der Waals surface area contributed by atoms with Crippen LogP contribution in [0.3, 0.4) is 0 Å². The molecule has 2 aromatic rings. The van der Waals surface area contributed by atoms with Gasteiger partial charge in [-0.15, -0.1) is 0 Å². The average molecular weight is 314 g/mol. The van der Waals surface area contributed by atoms with Crippen LogP contribution in [0.1, 0.15) is 31.9 Å². The van der Waals surface area contributed by atoms with E-state index in [1.807, 2.05) is 44.2 Å². The fourth-order valence-electron chi connectivity index (χ4n) is 2.19. The van der Waals surface area contributed by atoms with Crippen molar-refractivity contribution in [1.82, 2.24) is 15.1 Å². The molecule has 1 heterocycles. The summed E-state index contributed by atoms with van der Waals surface area (Å²) in [7, 11) is 0. The molecule has 0 unspecified atom stereocenters. The second kappa shape index (κ2) is 8.12. The first-order valence-electron chi connectivity index (χ1n) is 7.70. The van der Waals surface area contributed by atoms with Gasteiger partial charge in [-0.2, -0.15) is 5.10 Å². The third-order valence-corrected chi connectivity index (χ3v) is 3.31. The van der Waals surface area contributed by atoms with Gasteiger partial charge in [-0.1, -0.05) is 30.3 Å². The Hall–Kier alpha value is -2.63. The minimum absolute atomic E-state index is 0.0868. The van der Waals surface area contributed by atoms with Gasteiger partial charge in [-0.05, 0) is 19.4 Å². The van der Waals surface area contributed by atoms with Gasteiger partial charge in [-0.3, -0.25) is 9.59 Å². The molecule has 2 N–H and O–H groups in total. The Morgan fingerprint density at radius 1 is 1.13 bits per heavy atom. The number of hydrogen-bond acceptors (Lipinski definition) is 3. The standard InChI is InChI=1S/C17H22N4O2/c1-13(2)21-15(8-11-19-21)20-16(22)9-10-18-17(23)12-14-6-4-3-5-7-14/h3-8,11,13H,9-10,12H2,1-2H3,(H,18,23)(H,20,22). The van der Waals surface area contributed by atoms with Gasteiger partial charge < -0.3 is 10.6 Å². The first-order chi connectivity index (χ1) is 11.1. The maximum Gasteiger partial charge on any atom is 0.227 e. The minimum atomic E-state index is -0.146. The van der Waals surface area contributed by atoms with Gasteiger partial charge in [0.25, 0.3) is 0 Å². The van der Waals surface area contributed by atoms with Crippen molar-refractivity contribution in [2.45, 2.75) is 32.7 Å². The lowest BCUT2D eigenvalue weighted by atomic mass is 10.1. The molecule has 0 aliphatic carbocycles. The van der Waals surface area contributed by atoms with Gasteiger partial charge in [0.15, 0.2) is 0 Å². The SMILES string of the molecule is CC(C)n1nccc1NC(=O)CCNC(=O)Cc1ccccc1. The monoisotopic (exact) mass is 314 g/mol. The molecule has 0 fully saturated rings. The molecule has 122 valence electrons. The fraction of sp³-hybridized carbons (Fsp3) is 0.353. The number of carbonyl (C=O) groups is 2. The van der Waals surface area contributed by atoms with Gasteiger partial charge in [0, 0.05) is 25.1 Å². The molecular weight excluding hydrogens is 292 g/mol. The first kappa shape index (κ1) is 16.7. The summed E-state index contributed by atoms with van der Waals surface area (Å²) in [5.74, 6) is 0.434. The third-order valence-electron chi connectivity index (χ3n) is 3.31. The molecule has 0 saturated carbocycles. The second-order valence-electron chi connectivity index (χ2n) is 5.57. The summed E-state index contributed by atoms with van der Waals surface area (Å²) in [6.45, 7) is 4.30. The normalized spacial score (nSPS) is 10.6. The Kier molecular flexibility index (Phi) is 5.91. The zero-order valence-corrected chi connectivity index (χ0v) is 13.5. The number of rotatable bonds is 7. The van der Waals surface area contributed by atoms with Crippen LogP contribution in [0.5, 0.6) is 0 Å². The Balaban J connectivity index is 1.72. The lowest BCUT2D eigenvalue weighted by Crippen LogP contribution is -2.29. The number of amides is 2. The van der Waals surface area contributed by atoms with Crippen molar-refractivity contribution in [3.63, 3.8) is 0 Å². The molecule has 2 rings (SSSR count). The predicted molar refractivity (Wildman–Crippen MR) is 89.0 cm³/mol. The number of hydrogen-bond donors (Lipinski definition) is 2. The highest BCUT2D eigenvalue weighted by Crippen LogP contribution is 2.12. The average Bonchev–Trinajstić information content (AvgIpc) is 2.96. The summed E-state index contributed by atoms with van der Waals surface area (Å²) < 4.78 is 1.74. The Bertz CT molecular complexity index is 650. The summed E-state index contributed by atoms with van der Waals surface area (Å²) in [5.41, 5.74) is 0.954. The van der Waals surface area contributed by atoms with Gasteiger partial charge in [-0.25, -0.2) is 4.68 Å². The van der Waals surface area contributed by atoms with E-state index in [-0.39, 0.29) is 24.3 Å². The molecule has 2 amide bonds. The first-order valence-corrected chi connectivity index (χ1v) is 7.70. The molecule has 0 aliphatic rings. The third kappa shape index (κ3) is 5.25. The van der Waals surface area contributed by atoms with Crippen molar-refractivity contribution >= 4 is 17.6 Å². The van der Waals surface area contributed by atoms with E-state index in [9.17, 15) is 9.59 Å². The molecule has 0 radical (unpaired) electrons. The summed E-state index contributed by atoms with van der Waals surface area (Å²) in [6, 6.07) is 11.4. The molecule has 1 aromatic carbocycles. The van der Waals surface area contributed by atoms with Crippen LogP contribution in [0.2, 0.25) is 0 Å². The van der Waals surface area contributed by atoms with Crippen LogP contribution in [-0.4, -0.2) is 28.1 Å². The number of nitrogens with one attached hydrogen (secondary N) is 2. The van der Waals surface area contributed by atoms with E-state index in [1.54, 1.807) is 16.9 Å². The molecule has 23 heavy (non-hydrogen) atoms. The Labute approximate surface area is 135 Å². The molecule has 1 aromatic heterocycles. The minimum Gasteiger partial charge on any atom is -0.355 e. The van der Waals surface area contributed by atoms with Crippen molar-refractivity contribution in [3.8, 4) is 0 Å². The van der Waals surface area contributed by atoms with Gasteiger partial charge in [0.1, 0.15) is 5.82 Å². The number of benzene rings is 1. The zero-order chi connectivity index (χ0) is 16.7. The van der Waals surface area contributed by atoms with E-state index in [0.717, 1.165) is 5.56 Å². The van der Waals surface area contributed by atoms with Crippen LogP contribution in [0.4, 0.5) is 5.82 Å². The van der Waals surface area contributed by atoms with Crippen LogP contribution in [0.15, 0.2) is 42.6 Å². The summed E-state index contributed by atoms with van der Waals surface area (Å²) in [5, 5.41) is 9.72. The highest BCUT2D eigenvalue weighted by Gasteiger charge is 2.10. The van der Waals surface area contributed by atoms with Crippen molar-refractivity contribution in [2.75, 3.05) is 11.9 Å².